The van der Waals surface area contributed by atoms with Gasteiger partial charge in [-0.1, -0.05) is 0 Å². The second-order valence-electron chi connectivity index (χ2n) is 1.07. The van der Waals surface area contributed by atoms with E-state index in [4.69, 9.17) is 45.5 Å². The molecule has 0 aromatic heterocycles. The summed E-state index contributed by atoms with van der Waals surface area (Å²) in [4.78, 5) is 34.7. The predicted molar refractivity (Wildman–Crippen MR) is 35.2 cm³/mol. The third-order valence-electron chi connectivity index (χ3n) is 0.234. The van der Waals surface area contributed by atoms with Crippen molar-refractivity contribution in [3.8, 4) is 0 Å². The van der Waals surface area contributed by atoms with Gasteiger partial charge in [0.05, 0.1) is 0 Å². The second-order valence-corrected chi connectivity index (χ2v) is 1.07. The van der Waals surface area contributed by atoms with Gasteiger partial charge in [0.25, 0.3) is 0 Å². The molecule has 0 amide bonds. The summed E-state index contributed by atoms with van der Waals surface area (Å²) >= 11 is 0. The van der Waals surface area contributed by atoms with Crippen LogP contribution in [0.4, 0.5) is 14.4 Å². The van der Waals surface area contributed by atoms with E-state index in [2.05, 4.69) is 14.7 Å². The van der Waals surface area contributed by atoms with Crippen LogP contribution in [0.2, 0.25) is 0 Å². The molecule has 0 aliphatic carbocycles. The van der Waals surface area contributed by atoms with Crippen LogP contribution >= 0.6 is 0 Å². The normalized spacial score (nSPS) is 6.19. The third-order valence-corrected chi connectivity index (χ3v) is 0.234. The largest absolute Gasteiger partial charge is 0.537 e. The van der Waals surface area contributed by atoms with Crippen LogP contribution in [0.3, 0.4) is 0 Å². The molecule has 0 heterocycles. The first kappa shape index (κ1) is 24.2. The summed E-state index contributed by atoms with van der Waals surface area (Å²) in [6.07, 6.45) is -5.07. The second kappa shape index (κ2) is 19.5. The summed E-state index contributed by atoms with van der Waals surface area (Å²) in [5, 5.41) is 42.9. The van der Waals surface area contributed by atoms with Crippen LogP contribution in [0.25, 0.3) is 0 Å². The van der Waals surface area contributed by atoms with Gasteiger partial charge in [-0.15, -0.1) is 0 Å². The molecule has 13 heteroatoms. The van der Waals surface area contributed by atoms with Gasteiger partial charge in [0, 0.05) is 35.6 Å². The van der Waals surface area contributed by atoms with E-state index in [1.54, 1.807) is 0 Å². The molecule has 0 fully saturated rings. The molecular formula is C3H6LaO12. The van der Waals surface area contributed by atoms with E-state index in [1.165, 1.54) is 0 Å². The number of carboxylic acid groups (broad SMARTS) is 3. The first-order chi connectivity index (χ1) is 6.81. The van der Waals surface area contributed by atoms with Crippen LogP contribution in [-0.4, -0.2) is 49.6 Å². The van der Waals surface area contributed by atoms with Gasteiger partial charge in [-0.25, -0.2) is 14.4 Å². The average molecular weight is 373 g/mol. The number of hydrogen-bond acceptors (Lipinski definition) is 9. The van der Waals surface area contributed by atoms with Gasteiger partial charge in [0.1, 0.15) is 0 Å². The zero-order valence-corrected chi connectivity index (χ0v) is 10.8. The molecular weight excluding hydrogens is 367 g/mol. The molecule has 0 atom stereocenters. The Labute approximate surface area is 114 Å². The quantitative estimate of drug-likeness (QED) is 0.195. The molecule has 12 nitrogen and oxygen atoms in total. The van der Waals surface area contributed by atoms with Crippen molar-refractivity contribution >= 4 is 18.5 Å². The Morgan fingerprint density at radius 2 is 0.688 bits per heavy atom. The van der Waals surface area contributed by atoms with E-state index >= 15 is 0 Å². The summed E-state index contributed by atoms with van der Waals surface area (Å²) in [6, 6.07) is 0. The minimum atomic E-state index is -1.69. The monoisotopic (exact) mass is 373 g/mol. The van der Waals surface area contributed by atoms with Gasteiger partial charge in [-0.05, 0) is 0 Å². The summed E-state index contributed by atoms with van der Waals surface area (Å²) in [5.74, 6) is 0. The molecule has 0 spiro atoms. The van der Waals surface area contributed by atoms with E-state index in [0.717, 1.165) is 0 Å². The van der Waals surface area contributed by atoms with Gasteiger partial charge in [0.15, 0.2) is 0 Å². The molecule has 0 aliphatic rings. The molecule has 0 saturated heterocycles. The molecule has 0 unspecified atom stereocenters. The maximum atomic E-state index is 8.90. The fraction of sp³-hybridized carbons (Fsp3) is 0. The molecule has 6 N–H and O–H groups in total. The Bertz CT molecular complexity index is 155. The Morgan fingerprint density at radius 3 is 0.688 bits per heavy atom. The van der Waals surface area contributed by atoms with Crippen molar-refractivity contribution in [3.05, 3.63) is 0 Å². The smallest absolute Gasteiger partial charge is 0.448 e. The predicted octanol–water partition coefficient (Wildman–Crippen LogP) is 0.462. The minimum Gasteiger partial charge on any atom is -0.448 e. The molecule has 93 valence electrons. The topological polar surface area (TPSA) is 200 Å². The van der Waals surface area contributed by atoms with E-state index in [0.29, 0.717) is 0 Å². The van der Waals surface area contributed by atoms with Gasteiger partial charge in [-0.3, -0.25) is 14.7 Å². The van der Waals surface area contributed by atoms with Crippen LogP contribution < -0.4 is 0 Å². The summed E-state index contributed by atoms with van der Waals surface area (Å²) in [5.41, 5.74) is 0. The number of rotatable bonds is 0. The average Bonchev–Trinajstić information content (AvgIpc) is 2.19. The third kappa shape index (κ3) is 76.3. The maximum absolute atomic E-state index is 8.90. The number of carbonyl (C=O) groups is 3. The molecule has 0 bridgehead atoms. The standard InChI is InChI=1S/3CH2O4.La/c3*2-1(3)5-4;/h3*4H,(H,2,3);. The number of hydrogen-bond donors (Lipinski definition) is 6. The van der Waals surface area contributed by atoms with Crippen molar-refractivity contribution in [2.75, 3.05) is 0 Å². The van der Waals surface area contributed by atoms with Crippen LogP contribution in [0.15, 0.2) is 0 Å². The molecule has 16 heavy (non-hydrogen) atoms. The van der Waals surface area contributed by atoms with E-state index in [1.807, 2.05) is 0 Å². The Hall–Kier alpha value is -1.12. The van der Waals surface area contributed by atoms with Gasteiger partial charge >= 0.3 is 18.5 Å². The zero-order valence-electron chi connectivity index (χ0n) is 7.21. The molecule has 0 aromatic rings. The molecule has 1 radical (unpaired) electrons. The molecule has 0 rings (SSSR count). The van der Waals surface area contributed by atoms with Crippen molar-refractivity contribution in [2.24, 2.45) is 0 Å². The van der Waals surface area contributed by atoms with Gasteiger partial charge < -0.3 is 15.3 Å². The molecule has 0 saturated carbocycles. The molecule has 0 aliphatic heterocycles. The van der Waals surface area contributed by atoms with Gasteiger partial charge in [-0.2, -0.15) is 15.8 Å². The van der Waals surface area contributed by atoms with Crippen LogP contribution in [0.5, 0.6) is 0 Å². The zero-order chi connectivity index (χ0) is 12.9. The van der Waals surface area contributed by atoms with Crippen LogP contribution in [0, 0.1) is 35.6 Å². The Morgan fingerprint density at radius 1 is 0.625 bits per heavy atom. The van der Waals surface area contributed by atoms with Crippen molar-refractivity contribution in [2.45, 2.75) is 0 Å². The fourth-order valence-corrected chi connectivity index (χ4v) is 0. The van der Waals surface area contributed by atoms with Crippen LogP contribution in [-0.2, 0) is 14.7 Å². The first-order valence-corrected chi connectivity index (χ1v) is 2.44. The van der Waals surface area contributed by atoms with E-state index in [-0.39, 0.29) is 35.6 Å². The summed E-state index contributed by atoms with van der Waals surface area (Å²) < 4.78 is 0. The Balaban J connectivity index is -0.0000000655. The van der Waals surface area contributed by atoms with E-state index in [9.17, 15) is 0 Å². The van der Waals surface area contributed by atoms with E-state index < -0.39 is 18.5 Å². The molecule has 0 aromatic carbocycles. The van der Waals surface area contributed by atoms with Crippen LogP contribution in [0.1, 0.15) is 0 Å². The van der Waals surface area contributed by atoms with Crippen molar-refractivity contribution in [1.29, 1.82) is 0 Å². The summed E-state index contributed by atoms with van der Waals surface area (Å²) in [7, 11) is 0. The maximum Gasteiger partial charge on any atom is 0.537 e. The van der Waals surface area contributed by atoms with Crippen molar-refractivity contribution in [1.82, 2.24) is 0 Å². The van der Waals surface area contributed by atoms with Crippen molar-refractivity contribution in [3.63, 3.8) is 0 Å². The SMILES string of the molecule is O=C(O)OO.O=C(O)OO.O=C(O)OO.[La]. The fourth-order valence-electron chi connectivity index (χ4n) is 0. The van der Waals surface area contributed by atoms with Gasteiger partial charge in [0.2, 0.25) is 0 Å². The first-order valence-electron chi connectivity index (χ1n) is 2.44. The Kier molecular flexibility index (Phi) is 29.5. The minimum absolute atomic E-state index is 0. The summed E-state index contributed by atoms with van der Waals surface area (Å²) in [6.45, 7) is 0. The van der Waals surface area contributed by atoms with Crippen molar-refractivity contribution < 1.29 is 95.7 Å².